The summed E-state index contributed by atoms with van der Waals surface area (Å²) >= 11 is 0. The number of hydrogen-bond acceptors (Lipinski definition) is 0. The van der Waals surface area contributed by atoms with Gasteiger partial charge in [0.15, 0.2) is 0 Å². The Morgan fingerprint density at radius 1 is 1.00 bits per heavy atom. The van der Waals surface area contributed by atoms with E-state index < -0.39 is 0 Å². The third kappa shape index (κ3) is 4.02. The molecule has 0 spiro atoms. The van der Waals surface area contributed by atoms with Gasteiger partial charge in [-0.25, -0.2) is 8.78 Å². The molecule has 0 aromatic heterocycles. The smallest absolute Gasteiger partial charge is 0.130 e. The van der Waals surface area contributed by atoms with Crippen LogP contribution in [0.3, 0.4) is 0 Å². The zero-order chi connectivity index (χ0) is 16.2. The fraction of sp³-hybridized carbons (Fsp3) is 0.619. The van der Waals surface area contributed by atoms with Crippen molar-refractivity contribution in [2.24, 2.45) is 17.8 Å². The van der Waals surface area contributed by atoms with Crippen LogP contribution >= 0.6 is 0 Å². The number of allylic oxidation sites excluding steroid dienone is 2. The average Bonchev–Trinajstić information content (AvgIpc) is 2.58. The lowest BCUT2D eigenvalue weighted by Crippen LogP contribution is -2.23. The topological polar surface area (TPSA) is 0 Å². The fourth-order valence-electron chi connectivity index (χ4n) is 4.63. The van der Waals surface area contributed by atoms with E-state index in [2.05, 4.69) is 13.0 Å². The van der Waals surface area contributed by atoms with E-state index >= 15 is 0 Å². The molecule has 0 aliphatic heterocycles. The molecule has 0 N–H and O–H groups in total. The minimum Gasteiger partial charge on any atom is -0.207 e. The first-order valence-corrected chi connectivity index (χ1v) is 9.31. The van der Waals surface area contributed by atoms with Crippen molar-refractivity contribution in [3.63, 3.8) is 0 Å². The highest BCUT2D eigenvalue weighted by molar-refractivity contribution is 5.66. The highest BCUT2D eigenvalue weighted by atomic mass is 19.1. The van der Waals surface area contributed by atoms with Crippen LogP contribution in [0.25, 0.3) is 5.57 Å². The van der Waals surface area contributed by atoms with E-state index in [1.54, 1.807) is 0 Å². The van der Waals surface area contributed by atoms with Crippen LogP contribution in [0.15, 0.2) is 24.3 Å². The molecular weight excluding hydrogens is 290 g/mol. The van der Waals surface area contributed by atoms with Crippen molar-refractivity contribution < 1.29 is 8.78 Å². The molecule has 0 bridgehead atoms. The summed E-state index contributed by atoms with van der Waals surface area (Å²) in [5, 5.41) is 0. The molecule has 1 aromatic rings. The first-order chi connectivity index (χ1) is 11.2. The normalized spacial score (nSPS) is 28.5. The van der Waals surface area contributed by atoms with Crippen molar-refractivity contribution in [1.29, 1.82) is 0 Å². The Morgan fingerprint density at radius 2 is 1.78 bits per heavy atom. The second-order valence-electron chi connectivity index (χ2n) is 7.46. The summed E-state index contributed by atoms with van der Waals surface area (Å²) in [7, 11) is 0. The monoisotopic (exact) mass is 318 g/mol. The average molecular weight is 318 g/mol. The van der Waals surface area contributed by atoms with Gasteiger partial charge in [0.05, 0.1) is 0 Å². The molecule has 0 heterocycles. The molecule has 0 saturated heterocycles. The highest BCUT2D eigenvalue weighted by Gasteiger charge is 2.28. The van der Waals surface area contributed by atoms with Crippen molar-refractivity contribution in [3.05, 3.63) is 41.5 Å². The molecule has 1 aromatic carbocycles. The lowest BCUT2D eigenvalue weighted by atomic mass is 9.70. The van der Waals surface area contributed by atoms with Gasteiger partial charge in [-0.2, -0.15) is 0 Å². The van der Waals surface area contributed by atoms with Gasteiger partial charge in [0, 0.05) is 5.56 Å². The fourth-order valence-corrected chi connectivity index (χ4v) is 4.63. The van der Waals surface area contributed by atoms with E-state index in [1.165, 1.54) is 56.7 Å². The quantitative estimate of drug-likeness (QED) is 0.575. The molecule has 1 atom stereocenters. The van der Waals surface area contributed by atoms with Crippen LogP contribution in [0.5, 0.6) is 0 Å². The SMILES string of the molecule is CCCC1CCC(C2CC=C(c3cc(F)ccc3F)CC2)CC1. The highest BCUT2D eigenvalue weighted by Crippen LogP contribution is 2.42. The van der Waals surface area contributed by atoms with E-state index in [0.717, 1.165) is 42.6 Å². The van der Waals surface area contributed by atoms with Gasteiger partial charge in [-0.15, -0.1) is 0 Å². The Hall–Kier alpha value is -1.18. The molecular formula is C21H28F2. The van der Waals surface area contributed by atoms with E-state index in [1.807, 2.05) is 0 Å². The van der Waals surface area contributed by atoms with Gasteiger partial charge in [-0.05, 0) is 73.6 Å². The van der Waals surface area contributed by atoms with E-state index in [-0.39, 0.29) is 11.6 Å². The summed E-state index contributed by atoms with van der Waals surface area (Å²) in [6, 6.07) is 3.78. The number of halogens is 2. The minimum absolute atomic E-state index is 0.295. The van der Waals surface area contributed by atoms with Gasteiger partial charge in [0.25, 0.3) is 0 Å². The van der Waals surface area contributed by atoms with Crippen LogP contribution in [-0.2, 0) is 0 Å². The Kier molecular flexibility index (Phi) is 5.50. The predicted molar refractivity (Wildman–Crippen MR) is 92.0 cm³/mol. The van der Waals surface area contributed by atoms with E-state index in [0.29, 0.717) is 5.56 Å². The Labute approximate surface area is 139 Å². The maximum absolute atomic E-state index is 13.9. The molecule has 23 heavy (non-hydrogen) atoms. The van der Waals surface area contributed by atoms with Crippen LogP contribution in [0.2, 0.25) is 0 Å². The molecule has 2 heteroatoms. The largest absolute Gasteiger partial charge is 0.207 e. The zero-order valence-corrected chi connectivity index (χ0v) is 14.2. The maximum Gasteiger partial charge on any atom is 0.130 e. The third-order valence-electron chi connectivity index (χ3n) is 5.98. The van der Waals surface area contributed by atoms with Crippen molar-refractivity contribution in [1.82, 2.24) is 0 Å². The molecule has 2 aliphatic rings. The van der Waals surface area contributed by atoms with Crippen molar-refractivity contribution in [3.8, 4) is 0 Å². The van der Waals surface area contributed by atoms with Gasteiger partial charge in [0.1, 0.15) is 11.6 Å². The van der Waals surface area contributed by atoms with Gasteiger partial charge in [0.2, 0.25) is 0 Å². The van der Waals surface area contributed by atoms with Crippen LogP contribution in [0, 0.1) is 29.4 Å². The van der Waals surface area contributed by atoms with Crippen LogP contribution < -0.4 is 0 Å². The molecule has 126 valence electrons. The predicted octanol–water partition coefficient (Wildman–Crippen LogP) is 6.75. The summed E-state index contributed by atoms with van der Waals surface area (Å²) in [5.41, 5.74) is 1.47. The summed E-state index contributed by atoms with van der Waals surface area (Å²) in [5.74, 6) is 1.90. The summed E-state index contributed by atoms with van der Waals surface area (Å²) < 4.78 is 27.3. The number of hydrogen-bond donors (Lipinski definition) is 0. The number of rotatable bonds is 4. The van der Waals surface area contributed by atoms with E-state index in [4.69, 9.17) is 0 Å². The lowest BCUT2D eigenvalue weighted by Gasteiger charge is -2.35. The summed E-state index contributed by atoms with van der Waals surface area (Å²) in [6.07, 6.45) is 13.4. The van der Waals surface area contributed by atoms with Crippen molar-refractivity contribution >= 4 is 5.57 Å². The molecule has 1 fully saturated rings. The van der Waals surface area contributed by atoms with Crippen LogP contribution in [-0.4, -0.2) is 0 Å². The van der Waals surface area contributed by atoms with Crippen molar-refractivity contribution in [2.75, 3.05) is 0 Å². The Balaban J connectivity index is 1.59. The Bertz CT molecular complexity index is 553. The zero-order valence-electron chi connectivity index (χ0n) is 14.2. The molecule has 0 radical (unpaired) electrons. The minimum atomic E-state index is -0.348. The standard InChI is InChI=1S/C21H28F2/c1-2-3-15-4-6-16(7-5-15)17-8-10-18(11-9-17)20-14-19(22)12-13-21(20)23/h10,12-17H,2-9,11H2,1H3. The second-order valence-corrected chi connectivity index (χ2v) is 7.46. The summed E-state index contributed by atoms with van der Waals surface area (Å²) in [6.45, 7) is 2.28. The lowest BCUT2D eigenvalue weighted by molar-refractivity contribution is 0.189. The van der Waals surface area contributed by atoms with Crippen LogP contribution in [0.1, 0.15) is 70.3 Å². The molecule has 0 nitrogen and oxygen atoms in total. The van der Waals surface area contributed by atoms with Gasteiger partial charge in [-0.1, -0.05) is 38.7 Å². The first kappa shape index (κ1) is 16.7. The van der Waals surface area contributed by atoms with Crippen molar-refractivity contribution in [2.45, 2.75) is 64.7 Å². The molecule has 3 rings (SSSR count). The van der Waals surface area contributed by atoms with Gasteiger partial charge in [-0.3, -0.25) is 0 Å². The van der Waals surface area contributed by atoms with Gasteiger partial charge >= 0.3 is 0 Å². The molecule has 0 amide bonds. The second kappa shape index (κ2) is 7.59. The molecule has 1 unspecified atom stereocenters. The van der Waals surface area contributed by atoms with E-state index in [9.17, 15) is 8.78 Å². The molecule has 1 saturated carbocycles. The maximum atomic E-state index is 13.9. The molecule has 2 aliphatic carbocycles. The Morgan fingerprint density at radius 3 is 2.43 bits per heavy atom. The third-order valence-corrected chi connectivity index (χ3v) is 5.98. The number of benzene rings is 1. The van der Waals surface area contributed by atoms with Gasteiger partial charge < -0.3 is 0 Å². The summed E-state index contributed by atoms with van der Waals surface area (Å²) in [4.78, 5) is 0. The van der Waals surface area contributed by atoms with Crippen LogP contribution in [0.4, 0.5) is 8.78 Å². The first-order valence-electron chi connectivity index (χ1n) is 9.31.